The van der Waals surface area contributed by atoms with Gasteiger partial charge in [0.1, 0.15) is 0 Å². The third-order valence-electron chi connectivity index (χ3n) is 4.09. The zero-order chi connectivity index (χ0) is 11.7. The summed E-state index contributed by atoms with van der Waals surface area (Å²) in [6.45, 7) is 6.30. The number of hydrogen-bond donors (Lipinski definition) is 0. The summed E-state index contributed by atoms with van der Waals surface area (Å²) in [5.74, 6) is 1.80. The van der Waals surface area contributed by atoms with Crippen LogP contribution in [0.2, 0.25) is 0 Å². The van der Waals surface area contributed by atoms with Gasteiger partial charge in [0, 0.05) is 32.7 Å². The van der Waals surface area contributed by atoms with Gasteiger partial charge in [-0.3, -0.25) is 4.90 Å². The fourth-order valence-electron chi connectivity index (χ4n) is 3.62. The molecule has 2 heterocycles. The minimum absolute atomic E-state index is 0.899. The van der Waals surface area contributed by atoms with Crippen LogP contribution in [0.15, 0.2) is 30.3 Å². The summed E-state index contributed by atoms with van der Waals surface area (Å²) < 4.78 is 0. The van der Waals surface area contributed by atoms with Crippen LogP contribution in [-0.2, 0) is 6.54 Å². The number of fused-ring (bicyclic) bond motifs is 2. The molecule has 2 nitrogen and oxygen atoms in total. The highest BCUT2D eigenvalue weighted by atomic mass is 15.2. The zero-order valence-electron chi connectivity index (χ0n) is 10.7. The molecule has 2 bridgehead atoms. The predicted octanol–water partition coefficient (Wildman–Crippen LogP) is 2.07. The number of hydrogen-bond acceptors (Lipinski definition) is 2. The summed E-state index contributed by atoms with van der Waals surface area (Å²) in [6, 6.07) is 10.9. The lowest BCUT2D eigenvalue weighted by molar-refractivity contribution is 0.0392. The molecule has 1 aromatic carbocycles. The molecule has 2 atom stereocenters. The Labute approximate surface area is 104 Å². The van der Waals surface area contributed by atoms with E-state index in [-0.39, 0.29) is 0 Å². The minimum atomic E-state index is 0.899. The van der Waals surface area contributed by atoms with Crippen LogP contribution in [0, 0.1) is 11.8 Å². The van der Waals surface area contributed by atoms with Crippen LogP contribution in [0.1, 0.15) is 12.0 Å². The molecule has 1 aromatic rings. The van der Waals surface area contributed by atoms with Crippen LogP contribution in [0.25, 0.3) is 0 Å². The second-order valence-electron chi connectivity index (χ2n) is 5.87. The van der Waals surface area contributed by atoms with Gasteiger partial charge in [0.2, 0.25) is 0 Å². The van der Waals surface area contributed by atoms with Gasteiger partial charge in [0.15, 0.2) is 0 Å². The Bertz CT molecular complexity index is 344. The third kappa shape index (κ3) is 2.70. The first-order chi connectivity index (χ1) is 8.29. The van der Waals surface area contributed by atoms with E-state index in [0.29, 0.717) is 0 Å². The molecule has 0 saturated carbocycles. The Kier molecular flexibility index (Phi) is 3.17. The van der Waals surface area contributed by atoms with Crippen LogP contribution in [0.5, 0.6) is 0 Å². The lowest BCUT2D eigenvalue weighted by Gasteiger charge is -2.44. The molecular weight excluding hydrogens is 208 g/mol. The number of nitrogens with zero attached hydrogens (tertiary/aromatic N) is 2. The second-order valence-corrected chi connectivity index (χ2v) is 5.87. The van der Waals surface area contributed by atoms with Crippen LogP contribution in [-0.4, -0.2) is 43.0 Å². The molecule has 0 N–H and O–H groups in total. The van der Waals surface area contributed by atoms with E-state index in [1.807, 2.05) is 0 Å². The van der Waals surface area contributed by atoms with Crippen molar-refractivity contribution in [2.45, 2.75) is 13.0 Å². The first-order valence-corrected chi connectivity index (χ1v) is 6.74. The molecule has 2 aliphatic rings. The molecule has 2 fully saturated rings. The molecule has 0 aromatic heterocycles. The van der Waals surface area contributed by atoms with Crippen molar-refractivity contribution in [3.63, 3.8) is 0 Å². The number of piperidine rings is 2. The molecular formula is C15H22N2. The van der Waals surface area contributed by atoms with Gasteiger partial charge in [-0.2, -0.15) is 0 Å². The second kappa shape index (κ2) is 4.79. The summed E-state index contributed by atoms with van der Waals surface area (Å²) in [4.78, 5) is 5.17. The van der Waals surface area contributed by atoms with Gasteiger partial charge in [-0.15, -0.1) is 0 Å². The van der Waals surface area contributed by atoms with Crippen molar-refractivity contribution in [3.05, 3.63) is 35.9 Å². The van der Waals surface area contributed by atoms with E-state index < -0.39 is 0 Å². The average Bonchev–Trinajstić information content (AvgIpc) is 2.28. The van der Waals surface area contributed by atoms with E-state index >= 15 is 0 Å². The standard InChI is InChI=1S/C15H22N2/c1-16-8-14-7-15(9-16)12-17(11-14)10-13-5-3-2-4-6-13/h2-6,14-15H,7-12H2,1H3. The Morgan fingerprint density at radius 1 is 1.00 bits per heavy atom. The fraction of sp³-hybridized carbons (Fsp3) is 0.600. The Morgan fingerprint density at radius 2 is 1.65 bits per heavy atom. The summed E-state index contributed by atoms with van der Waals surface area (Å²) in [7, 11) is 2.27. The van der Waals surface area contributed by atoms with Crippen molar-refractivity contribution in [3.8, 4) is 0 Å². The summed E-state index contributed by atoms with van der Waals surface area (Å²) >= 11 is 0. The maximum atomic E-state index is 2.65. The van der Waals surface area contributed by atoms with Crippen LogP contribution < -0.4 is 0 Å². The molecule has 2 aliphatic heterocycles. The lowest BCUT2D eigenvalue weighted by Crippen LogP contribution is -2.51. The largest absolute Gasteiger partial charge is 0.306 e. The Hall–Kier alpha value is -0.860. The summed E-state index contributed by atoms with van der Waals surface area (Å²) in [6.07, 6.45) is 1.45. The lowest BCUT2D eigenvalue weighted by atomic mass is 9.85. The van der Waals surface area contributed by atoms with Crippen LogP contribution in [0.3, 0.4) is 0 Å². The Morgan fingerprint density at radius 3 is 2.29 bits per heavy atom. The van der Waals surface area contributed by atoms with Gasteiger partial charge < -0.3 is 4.90 Å². The van der Waals surface area contributed by atoms with E-state index in [4.69, 9.17) is 0 Å². The van der Waals surface area contributed by atoms with E-state index in [1.165, 1.54) is 38.2 Å². The minimum Gasteiger partial charge on any atom is -0.306 e. The maximum absolute atomic E-state index is 2.65. The SMILES string of the molecule is CN1CC2CC(C1)CN(Cc1ccccc1)C2. The highest BCUT2D eigenvalue weighted by Crippen LogP contribution is 2.28. The molecule has 3 rings (SSSR count). The molecule has 17 heavy (non-hydrogen) atoms. The van der Waals surface area contributed by atoms with Crippen molar-refractivity contribution >= 4 is 0 Å². The molecule has 2 unspecified atom stereocenters. The average molecular weight is 230 g/mol. The first-order valence-electron chi connectivity index (χ1n) is 6.74. The Balaban J connectivity index is 1.63. The summed E-state index contributed by atoms with van der Waals surface area (Å²) in [5, 5.41) is 0. The molecule has 2 saturated heterocycles. The third-order valence-corrected chi connectivity index (χ3v) is 4.09. The van der Waals surface area contributed by atoms with Crippen molar-refractivity contribution in [2.75, 3.05) is 33.2 Å². The van der Waals surface area contributed by atoms with E-state index in [9.17, 15) is 0 Å². The quantitative estimate of drug-likeness (QED) is 0.767. The van der Waals surface area contributed by atoms with Crippen molar-refractivity contribution < 1.29 is 0 Å². The molecule has 0 amide bonds. The van der Waals surface area contributed by atoms with Crippen molar-refractivity contribution in [1.82, 2.24) is 9.80 Å². The van der Waals surface area contributed by atoms with Gasteiger partial charge in [-0.1, -0.05) is 30.3 Å². The van der Waals surface area contributed by atoms with Gasteiger partial charge in [-0.05, 0) is 30.9 Å². The smallest absolute Gasteiger partial charge is 0.0233 e. The topological polar surface area (TPSA) is 6.48 Å². The van der Waals surface area contributed by atoms with Gasteiger partial charge in [0.25, 0.3) is 0 Å². The molecule has 92 valence electrons. The van der Waals surface area contributed by atoms with E-state index in [2.05, 4.69) is 47.2 Å². The maximum Gasteiger partial charge on any atom is 0.0233 e. The summed E-state index contributed by atoms with van der Waals surface area (Å²) in [5.41, 5.74) is 1.46. The molecule has 0 spiro atoms. The molecule has 0 radical (unpaired) electrons. The number of rotatable bonds is 2. The van der Waals surface area contributed by atoms with Gasteiger partial charge in [-0.25, -0.2) is 0 Å². The predicted molar refractivity (Wildman–Crippen MR) is 70.8 cm³/mol. The van der Waals surface area contributed by atoms with Gasteiger partial charge >= 0.3 is 0 Å². The van der Waals surface area contributed by atoms with E-state index in [0.717, 1.165) is 18.4 Å². The number of benzene rings is 1. The van der Waals surface area contributed by atoms with E-state index in [1.54, 1.807) is 0 Å². The van der Waals surface area contributed by atoms with Crippen LogP contribution >= 0.6 is 0 Å². The normalized spacial score (nSPS) is 30.4. The number of likely N-dealkylation sites (tertiary alicyclic amines) is 2. The van der Waals surface area contributed by atoms with Crippen LogP contribution in [0.4, 0.5) is 0 Å². The monoisotopic (exact) mass is 230 g/mol. The van der Waals surface area contributed by atoms with Gasteiger partial charge in [0.05, 0.1) is 0 Å². The van der Waals surface area contributed by atoms with Crippen molar-refractivity contribution in [1.29, 1.82) is 0 Å². The zero-order valence-corrected chi connectivity index (χ0v) is 10.7. The first kappa shape index (κ1) is 11.2. The van der Waals surface area contributed by atoms with Crippen molar-refractivity contribution in [2.24, 2.45) is 11.8 Å². The molecule has 0 aliphatic carbocycles. The highest BCUT2D eigenvalue weighted by molar-refractivity contribution is 5.14. The molecule has 2 heteroatoms. The fourth-order valence-corrected chi connectivity index (χ4v) is 3.62. The highest BCUT2D eigenvalue weighted by Gasteiger charge is 2.32.